The average Bonchev–Trinajstić information content (AvgIpc) is 2.61. The van der Waals surface area contributed by atoms with Gasteiger partial charge in [0.2, 0.25) is 5.95 Å². The number of hydrogen-bond donors (Lipinski definition) is 2. The van der Waals surface area contributed by atoms with Gasteiger partial charge >= 0.3 is 5.97 Å². The van der Waals surface area contributed by atoms with E-state index in [1.54, 1.807) is 36.4 Å². The second kappa shape index (κ2) is 7.35. The lowest BCUT2D eigenvalue weighted by Crippen LogP contribution is -2.04. The molecule has 1 heterocycles. The van der Waals surface area contributed by atoms with Gasteiger partial charge in [0.1, 0.15) is 5.82 Å². The molecule has 3 aromatic rings. The Morgan fingerprint density at radius 1 is 1.08 bits per heavy atom. The number of nitrogens with zero attached hydrogens (tertiary/aromatic N) is 3. The first-order valence-corrected chi connectivity index (χ1v) is 7.32. The van der Waals surface area contributed by atoms with Crippen LogP contribution in [0.15, 0.2) is 54.7 Å². The second-order valence-electron chi connectivity index (χ2n) is 5.00. The molecule has 0 spiro atoms. The van der Waals surface area contributed by atoms with E-state index in [9.17, 15) is 9.18 Å². The minimum absolute atomic E-state index is 0.225. The molecule has 0 unspecified atom stereocenters. The highest BCUT2D eigenvalue weighted by molar-refractivity contribution is 5.90. The molecule has 0 atom stereocenters. The van der Waals surface area contributed by atoms with Crippen LogP contribution < -0.4 is 10.6 Å². The number of methoxy groups -OCH3 is 1. The highest BCUT2D eigenvalue weighted by Gasteiger charge is 2.07. The van der Waals surface area contributed by atoms with Gasteiger partial charge in [0.25, 0.3) is 0 Å². The fourth-order valence-electron chi connectivity index (χ4n) is 2.10. The SMILES string of the molecule is COC(=O)c1cccc(Nc2nncc(Nc3cccc(F)c3)n2)c1. The highest BCUT2D eigenvalue weighted by Crippen LogP contribution is 2.18. The third kappa shape index (κ3) is 4.25. The first kappa shape index (κ1) is 16.3. The topological polar surface area (TPSA) is 89.0 Å². The number of hydrogen-bond acceptors (Lipinski definition) is 7. The quantitative estimate of drug-likeness (QED) is 0.690. The number of esters is 1. The van der Waals surface area contributed by atoms with Gasteiger partial charge in [-0.3, -0.25) is 0 Å². The molecule has 2 aromatic carbocycles. The van der Waals surface area contributed by atoms with E-state index in [1.807, 2.05) is 0 Å². The lowest BCUT2D eigenvalue weighted by Gasteiger charge is -2.08. The third-order valence-electron chi connectivity index (χ3n) is 3.20. The summed E-state index contributed by atoms with van der Waals surface area (Å²) in [5, 5.41) is 13.6. The van der Waals surface area contributed by atoms with Crippen molar-refractivity contribution in [1.82, 2.24) is 15.2 Å². The van der Waals surface area contributed by atoms with Crippen molar-refractivity contribution < 1.29 is 13.9 Å². The number of anilines is 4. The van der Waals surface area contributed by atoms with Crippen molar-refractivity contribution in [2.24, 2.45) is 0 Å². The smallest absolute Gasteiger partial charge is 0.337 e. The van der Waals surface area contributed by atoms with Gasteiger partial charge < -0.3 is 15.4 Å². The van der Waals surface area contributed by atoms with Crippen LogP contribution in [-0.4, -0.2) is 28.3 Å². The minimum Gasteiger partial charge on any atom is -0.465 e. The summed E-state index contributed by atoms with van der Waals surface area (Å²) in [6.07, 6.45) is 1.42. The van der Waals surface area contributed by atoms with Crippen LogP contribution >= 0.6 is 0 Å². The van der Waals surface area contributed by atoms with Crippen LogP contribution in [0.4, 0.5) is 27.5 Å². The Kier molecular flexibility index (Phi) is 4.79. The van der Waals surface area contributed by atoms with Crippen molar-refractivity contribution in [3.8, 4) is 0 Å². The predicted octanol–water partition coefficient (Wildman–Crippen LogP) is 3.28. The molecule has 0 saturated heterocycles. The lowest BCUT2D eigenvalue weighted by atomic mass is 10.2. The zero-order chi connectivity index (χ0) is 17.6. The number of aromatic nitrogens is 3. The molecule has 1 aromatic heterocycles. The Morgan fingerprint density at radius 3 is 2.60 bits per heavy atom. The molecule has 0 amide bonds. The van der Waals surface area contributed by atoms with Crippen LogP contribution in [0.2, 0.25) is 0 Å². The van der Waals surface area contributed by atoms with E-state index in [0.717, 1.165) is 0 Å². The number of benzene rings is 2. The Hall–Kier alpha value is -3.55. The monoisotopic (exact) mass is 339 g/mol. The van der Waals surface area contributed by atoms with E-state index < -0.39 is 5.97 Å². The molecule has 25 heavy (non-hydrogen) atoms. The highest BCUT2D eigenvalue weighted by atomic mass is 19.1. The minimum atomic E-state index is -0.441. The largest absolute Gasteiger partial charge is 0.465 e. The number of rotatable bonds is 5. The molecule has 126 valence electrons. The van der Waals surface area contributed by atoms with E-state index in [2.05, 4.69) is 30.6 Å². The first-order chi connectivity index (χ1) is 12.1. The molecule has 0 fully saturated rings. The molecule has 0 bridgehead atoms. The molecule has 3 rings (SSSR count). The van der Waals surface area contributed by atoms with Crippen LogP contribution in [0, 0.1) is 5.82 Å². The van der Waals surface area contributed by atoms with E-state index in [-0.39, 0.29) is 11.8 Å². The zero-order valence-electron chi connectivity index (χ0n) is 13.2. The predicted molar refractivity (Wildman–Crippen MR) is 90.6 cm³/mol. The van der Waals surface area contributed by atoms with E-state index in [1.165, 1.54) is 25.4 Å². The van der Waals surface area contributed by atoms with Gasteiger partial charge in [-0.2, -0.15) is 10.1 Å². The van der Waals surface area contributed by atoms with Crippen molar-refractivity contribution in [2.75, 3.05) is 17.7 Å². The van der Waals surface area contributed by atoms with Gasteiger partial charge in [-0.05, 0) is 36.4 Å². The van der Waals surface area contributed by atoms with Gasteiger partial charge in [-0.25, -0.2) is 9.18 Å². The van der Waals surface area contributed by atoms with Gasteiger partial charge in [-0.1, -0.05) is 12.1 Å². The summed E-state index contributed by atoms with van der Waals surface area (Å²) in [5.41, 5.74) is 1.54. The number of carbonyl (C=O) groups excluding carboxylic acids is 1. The van der Waals surface area contributed by atoms with E-state index in [4.69, 9.17) is 0 Å². The van der Waals surface area contributed by atoms with Gasteiger partial charge in [0.15, 0.2) is 5.82 Å². The number of nitrogens with one attached hydrogen (secondary N) is 2. The summed E-state index contributed by atoms with van der Waals surface area (Å²) in [6, 6.07) is 12.7. The average molecular weight is 339 g/mol. The molecule has 0 aliphatic carbocycles. The Morgan fingerprint density at radius 2 is 1.84 bits per heavy atom. The third-order valence-corrected chi connectivity index (χ3v) is 3.20. The molecular formula is C17H14FN5O2. The number of halogens is 1. The summed E-state index contributed by atoms with van der Waals surface area (Å²) in [6.45, 7) is 0. The van der Waals surface area contributed by atoms with Gasteiger partial charge in [-0.15, -0.1) is 5.10 Å². The maximum absolute atomic E-state index is 13.2. The number of ether oxygens (including phenoxy) is 1. The molecular weight excluding hydrogens is 325 g/mol. The van der Waals surface area contributed by atoms with Gasteiger partial charge in [0, 0.05) is 11.4 Å². The summed E-state index contributed by atoms with van der Waals surface area (Å²) in [7, 11) is 1.32. The van der Waals surface area contributed by atoms with Crippen LogP contribution in [-0.2, 0) is 4.74 Å². The zero-order valence-corrected chi connectivity index (χ0v) is 13.2. The molecule has 7 nitrogen and oxygen atoms in total. The maximum Gasteiger partial charge on any atom is 0.337 e. The summed E-state index contributed by atoms with van der Waals surface area (Å²) in [5.74, 6) is -0.176. The first-order valence-electron chi connectivity index (χ1n) is 7.32. The van der Waals surface area contributed by atoms with Gasteiger partial charge in [0.05, 0.1) is 18.9 Å². The summed E-state index contributed by atoms with van der Waals surface area (Å²) >= 11 is 0. The fraction of sp³-hybridized carbons (Fsp3) is 0.0588. The van der Waals surface area contributed by atoms with E-state index in [0.29, 0.717) is 22.8 Å². The molecule has 2 N–H and O–H groups in total. The number of carbonyl (C=O) groups is 1. The van der Waals surface area contributed by atoms with Crippen LogP contribution in [0.5, 0.6) is 0 Å². The lowest BCUT2D eigenvalue weighted by molar-refractivity contribution is 0.0601. The molecule has 8 heteroatoms. The fourth-order valence-corrected chi connectivity index (χ4v) is 2.10. The Balaban J connectivity index is 1.77. The maximum atomic E-state index is 13.2. The van der Waals surface area contributed by atoms with Crippen molar-refractivity contribution in [2.45, 2.75) is 0 Å². The van der Waals surface area contributed by atoms with Crippen molar-refractivity contribution in [1.29, 1.82) is 0 Å². The second-order valence-corrected chi connectivity index (χ2v) is 5.00. The van der Waals surface area contributed by atoms with Crippen LogP contribution in [0.25, 0.3) is 0 Å². The summed E-state index contributed by atoms with van der Waals surface area (Å²) in [4.78, 5) is 15.8. The van der Waals surface area contributed by atoms with Crippen LogP contribution in [0.3, 0.4) is 0 Å². The molecule has 0 aliphatic heterocycles. The van der Waals surface area contributed by atoms with E-state index >= 15 is 0 Å². The van der Waals surface area contributed by atoms with Crippen molar-refractivity contribution in [3.63, 3.8) is 0 Å². The van der Waals surface area contributed by atoms with Crippen molar-refractivity contribution in [3.05, 3.63) is 66.1 Å². The Labute approximate surface area is 142 Å². The summed E-state index contributed by atoms with van der Waals surface area (Å²) < 4.78 is 17.9. The molecule has 0 saturated carbocycles. The molecule has 0 radical (unpaired) electrons. The van der Waals surface area contributed by atoms with Crippen molar-refractivity contribution >= 4 is 29.1 Å². The normalized spacial score (nSPS) is 10.2. The van der Waals surface area contributed by atoms with Crippen LogP contribution in [0.1, 0.15) is 10.4 Å². The molecule has 0 aliphatic rings. The Bertz CT molecular complexity index is 903. The standard InChI is InChI=1S/C17H14FN5O2/c1-25-16(24)11-4-2-6-13(8-11)21-17-22-15(10-19-23-17)20-14-7-3-5-12(18)9-14/h2-10H,1H3,(H2,20,21,22,23).